The lowest BCUT2D eigenvalue weighted by molar-refractivity contribution is -0.926. The molecule has 0 saturated carbocycles. The largest absolute Gasteiger partial charge is 0.545 e. The molecule has 0 radical (unpaired) electrons. The molecule has 5 rings (SSSR count). The van der Waals surface area contributed by atoms with Crippen molar-refractivity contribution in [1.82, 2.24) is 4.98 Å². The van der Waals surface area contributed by atoms with Gasteiger partial charge in [-0.1, -0.05) is 72.3 Å². The van der Waals surface area contributed by atoms with E-state index in [4.69, 9.17) is 11.6 Å². The molecule has 1 aromatic heterocycles. The molecule has 6 heteroatoms. The summed E-state index contributed by atoms with van der Waals surface area (Å²) >= 11 is 6.31. The number of nitrogens with one attached hydrogen (secondary N) is 1. The van der Waals surface area contributed by atoms with Gasteiger partial charge in [0.05, 0.1) is 43.4 Å². The van der Waals surface area contributed by atoms with Crippen molar-refractivity contribution in [1.29, 1.82) is 0 Å². The Hall–Kier alpha value is -3.41. The number of anilines is 1. The van der Waals surface area contributed by atoms with Crippen molar-refractivity contribution >= 4 is 34.2 Å². The predicted octanol–water partition coefficient (Wildman–Crippen LogP) is 3.05. The van der Waals surface area contributed by atoms with E-state index in [0.29, 0.717) is 10.7 Å². The maximum atomic E-state index is 12.0. The predicted molar refractivity (Wildman–Crippen MR) is 133 cm³/mol. The Morgan fingerprint density at radius 1 is 0.971 bits per heavy atom. The third-order valence-electron chi connectivity index (χ3n) is 6.81. The number of aromatic carboxylic acids is 1. The Labute approximate surface area is 204 Å². The fraction of sp³-hybridized carbons (Fsp3) is 0.214. The van der Waals surface area contributed by atoms with Crippen LogP contribution < -0.4 is 14.9 Å². The first kappa shape index (κ1) is 22.4. The van der Waals surface area contributed by atoms with Crippen molar-refractivity contribution < 1.29 is 14.8 Å². The van der Waals surface area contributed by atoms with Crippen LogP contribution in [-0.4, -0.2) is 37.1 Å². The molecule has 0 amide bonds. The SMILES string of the molecule is Cc1c(Cl)ccc2c(N3CC[NH+](C(c4ccccc4)c4ccccc4)CC3)c(C(=O)[O-])cnc12. The number of rotatable bonds is 5. The number of nitrogens with zero attached hydrogens (tertiary/aromatic N) is 2. The van der Waals surface area contributed by atoms with E-state index in [1.807, 2.05) is 31.2 Å². The van der Waals surface area contributed by atoms with E-state index in [9.17, 15) is 9.90 Å². The first-order chi connectivity index (χ1) is 16.5. The second kappa shape index (κ2) is 9.45. The van der Waals surface area contributed by atoms with Crippen LogP contribution in [-0.2, 0) is 0 Å². The summed E-state index contributed by atoms with van der Waals surface area (Å²) in [7, 11) is 0. The summed E-state index contributed by atoms with van der Waals surface area (Å²) in [6.07, 6.45) is 1.41. The number of carboxylic acids is 1. The normalized spacial score (nSPS) is 14.6. The number of aromatic nitrogens is 1. The molecule has 1 fully saturated rings. The van der Waals surface area contributed by atoms with Gasteiger partial charge in [-0.05, 0) is 24.6 Å². The average molecular weight is 472 g/mol. The second-order valence-electron chi connectivity index (χ2n) is 8.78. The van der Waals surface area contributed by atoms with Crippen LogP contribution >= 0.6 is 11.6 Å². The van der Waals surface area contributed by atoms with E-state index in [0.717, 1.165) is 42.6 Å². The quantitative estimate of drug-likeness (QED) is 0.486. The number of hydrogen-bond acceptors (Lipinski definition) is 4. The molecule has 172 valence electrons. The standard InChI is InChI=1S/C28H26ClN3O2/c1-19-24(29)13-12-22-25(19)30-18-23(28(33)34)27(22)32-16-14-31(15-17-32)26(20-8-4-2-5-9-20)21-10-6-3-7-11-21/h2-13,18,26H,14-17H2,1H3,(H,33,34). The zero-order valence-corrected chi connectivity index (χ0v) is 19.8. The van der Waals surface area contributed by atoms with Crippen LogP contribution in [0.15, 0.2) is 79.0 Å². The third-order valence-corrected chi connectivity index (χ3v) is 7.22. The van der Waals surface area contributed by atoms with Gasteiger partial charge in [0.2, 0.25) is 0 Å². The highest BCUT2D eigenvalue weighted by Gasteiger charge is 2.31. The summed E-state index contributed by atoms with van der Waals surface area (Å²) in [6, 6.07) is 25.1. The molecule has 0 spiro atoms. The number of halogens is 1. The van der Waals surface area contributed by atoms with Gasteiger partial charge < -0.3 is 19.7 Å². The van der Waals surface area contributed by atoms with E-state index in [1.165, 1.54) is 22.2 Å². The summed E-state index contributed by atoms with van der Waals surface area (Å²) < 4.78 is 0. The minimum atomic E-state index is -1.21. The number of benzene rings is 3. The van der Waals surface area contributed by atoms with E-state index >= 15 is 0 Å². The summed E-state index contributed by atoms with van der Waals surface area (Å²) in [6.45, 7) is 5.11. The van der Waals surface area contributed by atoms with E-state index in [2.05, 4.69) is 58.4 Å². The molecular weight excluding hydrogens is 446 g/mol. The number of fused-ring (bicyclic) bond motifs is 1. The number of piperazine rings is 1. The van der Waals surface area contributed by atoms with Crippen molar-refractivity contribution in [2.24, 2.45) is 0 Å². The van der Waals surface area contributed by atoms with Crippen LogP contribution in [0.2, 0.25) is 5.02 Å². The highest BCUT2D eigenvalue weighted by atomic mass is 35.5. The second-order valence-corrected chi connectivity index (χ2v) is 9.18. The Kier molecular flexibility index (Phi) is 6.22. The lowest BCUT2D eigenvalue weighted by atomic mass is 9.96. The fourth-order valence-corrected chi connectivity index (χ4v) is 5.27. The fourth-order valence-electron chi connectivity index (χ4n) is 5.12. The van der Waals surface area contributed by atoms with Gasteiger partial charge in [-0.3, -0.25) is 4.98 Å². The topological polar surface area (TPSA) is 60.7 Å². The van der Waals surface area contributed by atoms with Crippen molar-refractivity contribution in [3.8, 4) is 0 Å². The Morgan fingerprint density at radius 2 is 1.56 bits per heavy atom. The van der Waals surface area contributed by atoms with Gasteiger partial charge in [0.1, 0.15) is 6.04 Å². The van der Waals surface area contributed by atoms with Crippen molar-refractivity contribution in [3.63, 3.8) is 0 Å². The minimum Gasteiger partial charge on any atom is -0.545 e. The van der Waals surface area contributed by atoms with Gasteiger partial charge in [-0.15, -0.1) is 0 Å². The molecule has 1 aliphatic rings. The zero-order chi connectivity index (χ0) is 23.7. The molecule has 1 aliphatic heterocycles. The number of carboxylic acid groups (broad SMARTS) is 1. The lowest BCUT2D eigenvalue weighted by Gasteiger charge is -2.39. The Morgan fingerprint density at radius 3 is 2.12 bits per heavy atom. The molecule has 0 unspecified atom stereocenters. The molecule has 1 saturated heterocycles. The van der Waals surface area contributed by atoms with Crippen LogP contribution in [0.1, 0.15) is 33.1 Å². The molecular formula is C28H26ClN3O2. The van der Waals surface area contributed by atoms with Gasteiger partial charge in [-0.25, -0.2) is 0 Å². The molecule has 1 N–H and O–H groups in total. The number of quaternary nitrogens is 1. The molecule has 3 aromatic carbocycles. The van der Waals surface area contributed by atoms with Crippen molar-refractivity contribution in [3.05, 3.63) is 106 Å². The summed E-state index contributed by atoms with van der Waals surface area (Å²) in [4.78, 5) is 20.0. The average Bonchev–Trinajstić information content (AvgIpc) is 2.87. The smallest absolute Gasteiger partial charge is 0.139 e. The molecule has 2 heterocycles. The zero-order valence-electron chi connectivity index (χ0n) is 19.0. The lowest BCUT2D eigenvalue weighted by Crippen LogP contribution is -3.15. The first-order valence-electron chi connectivity index (χ1n) is 11.5. The molecule has 0 atom stereocenters. The number of aryl methyl sites for hydroxylation is 1. The van der Waals surface area contributed by atoms with E-state index in [1.54, 1.807) is 0 Å². The highest BCUT2D eigenvalue weighted by Crippen LogP contribution is 2.33. The third kappa shape index (κ3) is 4.13. The number of carbonyl (C=O) groups is 1. The van der Waals surface area contributed by atoms with Gasteiger partial charge >= 0.3 is 0 Å². The summed E-state index contributed by atoms with van der Waals surface area (Å²) in [5.74, 6) is -1.21. The molecule has 0 bridgehead atoms. The Bertz CT molecular complexity index is 1280. The first-order valence-corrected chi connectivity index (χ1v) is 11.9. The Balaban J connectivity index is 1.49. The monoisotopic (exact) mass is 471 g/mol. The van der Waals surface area contributed by atoms with Gasteiger partial charge in [0.25, 0.3) is 0 Å². The number of carbonyl (C=O) groups excluding carboxylic acids is 1. The van der Waals surface area contributed by atoms with Crippen LogP contribution in [0.4, 0.5) is 5.69 Å². The molecule has 34 heavy (non-hydrogen) atoms. The molecule has 5 nitrogen and oxygen atoms in total. The molecule has 4 aromatic rings. The number of hydrogen-bond donors (Lipinski definition) is 1. The van der Waals surface area contributed by atoms with Crippen molar-refractivity contribution in [2.45, 2.75) is 13.0 Å². The van der Waals surface area contributed by atoms with Crippen LogP contribution in [0, 0.1) is 6.92 Å². The maximum Gasteiger partial charge on any atom is 0.139 e. The van der Waals surface area contributed by atoms with E-state index < -0.39 is 5.97 Å². The van der Waals surface area contributed by atoms with Crippen LogP contribution in [0.25, 0.3) is 10.9 Å². The summed E-state index contributed by atoms with van der Waals surface area (Å²) in [5.41, 5.74) is 4.95. The van der Waals surface area contributed by atoms with Gasteiger partial charge in [-0.2, -0.15) is 0 Å². The van der Waals surface area contributed by atoms with Gasteiger partial charge in [0, 0.05) is 33.3 Å². The van der Waals surface area contributed by atoms with Gasteiger partial charge in [0.15, 0.2) is 0 Å². The van der Waals surface area contributed by atoms with Crippen LogP contribution in [0.5, 0.6) is 0 Å². The molecule has 0 aliphatic carbocycles. The minimum absolute atomic E-state index is 0.125. The van der Waals surface area contributed by atoms with Crippen molar-refractivity contribution in [2.75, 3.05) is 31.1 Å². The van der Waals surface area contributed by atoms with E-state index in [-0.39, 0.29) is 11.6 Å². The number of pyridine rings is 1. The van der Waals surface area contributed by atoms with Crippen LogP contribution in [0.3, 0.4) is 0 Å². The summed E-state index contributed by atoms with van der Waals surface area (Å²) in [5, 5.41) is 13.4. The highest BCUT2D eigenvalue weighted by molar-refractivity contribution is 6.32. The maximum absolute atomic E-state index is 12.0.